The number of hydrogen-bond donors (Lipinski definition) is 1. The lowest BCUT2D eigenvalue weighted by Gasteiger charge is -2.00. The van der Waals surface area contributed by atoms with E-state index in [1.54, 1.807) is 0 Å². The van der Waals surface area contributed by atoms with E-state index in [0.29, 0.717) is 0 Å². The van der Waals surface area contributed by atoms with E-state index in [-0.39, 0.29) is 0 Å². The van der Waals surface area contributed by atoms with Crippen molar-refractivity contribution < 1.29 is 0 Å². The molecule has 58 valence electrons. The number of rotatable bonds is 2. The van der Waals surface area contributed by atoms with Gasteiger partial charge >= 0.3 is 0 Å². The van der Waals surface area contributed by atoms with Gasteiger partial charge in [0.25, 0.3) is 0 Å². The summed E-state index contributed by atoms with van der Waals surface area (Å²) >= 11 is 1.87. The van der Waals surface area contributed by atoms with Crippen molar-refractivity contribution in [2.24, 2.45) is 4.99 Å². The Bertz CT molecular complexity index is 134. The summed E-state index contributed by atoms with van der Waals surface area (Å²) in [6, 6.07) is 0. The van der Waals surface area contributed by atoms with Crippen LogP contribution in [-0.4, -0.2) is 24.0 Å². The normalized spacial score (nSPS) is 29.0. The number of nitrogens with one attached hydrogen (secondary N) is 1. The van der Waals surface area contributed by atoms with Gasteiger partial charge in [-0.3, -0.25) is 4.99 Å². The molecule has 0 amide bonds. The molecule has 0 aromatic rings. The van der Waals surface area contributed by atoms with E-state index in [2.05, 4.69) is 17.2 Å². The van der Waals surface area contributed by atoms with Crippen LogP contribution in [0.3, 0.4) is 0 Å². The number of aliphatic imine (C=N–C) groups is 1. The summed E-state index contributed by atoms with van der Waals surface area (Å²) in [6.07, 6.45) is 2.58. The molecule has 1 atom stereocenters. The molecule has 1 N–H and O–H groups in total. The van der Waals surface area contributed by atoms with Crippen LogP contribution in [0.2, 0.25) is 0 Å². The van der Waals surface area contributed by atoms with E-state index in [0.717, 1.165) is 17.0 Å². The van der Waals surface area contributed by atoms with Crippen LogP contribution < -0.4 is 5.32 Å². The topological polar surface area (TPSA) is 24.4 Å². The van der Waals surface area contributed by atoms with Crippen LogP contribution in [0.1, 0.15) is 19.8 Å². The van der Waals surface area contributed by atoms with E-state index in [9.17, 15) is 0 Å². The Hall–Kier alpha value is -0.180. The maximum Gasteiger partial charge on any atom is 0.156 e. The Labute approximate surface area is 66.5 Å². The molecule has 1 fully saturated rings. The van der Waals surface area contributed by atoms with E-state index in [1.165, 1.54) is 12.8 Å². The minimum Gasteiger partial charge on any atom is -0.364 e. The molecule has 0 aromatic heterocycles. The maximum absolute atomic E-state index is 4.09. The highest BCUT2D eigenvalue weighted by molar-refractivity contribution is 8.14. The summed E-state index contributed by atoms with van der Waals surface area (Å²) in [5.74, 6) is 0. The van der Waals surface area contributed by atoms with Gasteiger partial charge in [-0.15, -0.1) is 0 Å². The van der Waals surface area contributed by atoms with Gasteiger partial charge in [-0.2, -0.15) is 0 Å². The van der Waals surface area contributed by atoms with Crippen molar-refractivity contribution in [2.75, 3.05) is 13.6 Å². The molecule has 1 saturated heterocycles. The molecule has 1 unspecified atom stereocenters. The highest BCUT2D eigenvalue weighted by Crippen LogP contribution is 2.21. The van der Waals surface area contributed by atoms with Crippen molar-refractivity contribution in [2.45, 2.75) is 25.0 Å². The third kappa shape index (κ3) is 1.90. The zero-order valence-electron chi connectivity index (χ0n) is 6.55. The lowest BCUT2D eigenvalue weighted by atomic mass is 10.2. The fraction of sp³-hybridized carbons (Fsp3) is 0.857. The van der Waals surface area contributed by atoms with Crippen molar-refractivity contribution in [3.63, 3.8) is 0 Å². The molecule has 1 aliphatic rings. The van der Waals surface area contributed by atoms with Crippen LogP contribution >= 0.6 is 11.8 Å². The lowest BCUT2D eigenvalue weighted by Crippen LogP contribution is -2.15. The summed E-state index contributed by atoms with van der Waals surface area (Å²) in [6.45, 7) is 3.33. The average molecular weight is 158 g/mol. The molecule has 1 rings (SSSR count). The standard InChI is InChI=1S/C7H14N2S/c1-3-4-6-5-9-7(8-2)10-6/h6H,3-5H2,1-2H3,(H,8,9). The number of thioether (sulfide) groups is 1. The summed E-state index contributed by atoms with van der Waals surface area (Å²) in [7, 11) is 1.84. The Morgan fingerprint density at radius 3 is 3.10 bits per heavy atom. The number of nitrogens with zero attached hydrogens (tertiary/aromatic N) is 1. The predicted molar refractivity (Wildman–Crippen MR) is 47.6 cm³/mol. The van der Waals surface area contributed by atoms with E-state index < -0.39 is 0 Å². The first-order valence-corrected chi connectivity index (χ1v) is 4.62. The van der Waals surface area contributed by atoms with Crippen molar-refractivity contribution in [1.29, 1.82) is 0 Å². The van der Waals surface area contributed by atoms with Gasteiger partial charge in [-0.25, -0.2) is 0 Å². The predicted octanol–water partition coefficient (Wildman–Crippen LogP) is 1.48. The second-order valence-electron chi connectivity index (χ2n) is 2.44. The zero-order chi connectivity index (χ0) is 7.40. The molecule has 0 radical (unpaired) electrons. The largest absolute Gasteiger partial charge is 0.364 e. The van der Waals surface area contributed by atoms with Crippen molar-refractivity contribution >= 4 is 16.9 Å². The molecule has 0 aliphatic carbocycles. The lowest BCUT2D eigenvalue weighted by molar-refractivity contribution is 0.729. The van der Waals surface area contributed by atoms with Crippen LogP contribution in [0.15, 0.2) is 4.99 Å². The van der Waals surface area contributed by atoms with Crippen molar-refractivity contribution in [3.8, 4) is 0 Å². The molecule has 2 nitrogen and oxygen atoms in total. The van der Waals surface area contributed by atoms with Crippen molar-refractivity contribution in [3.05, 3.63) is 0 Å². The molecular formula is C7H14N2S. The van der Waals surface area contributed by atoms with E-state index >= 15 is 0 Å². The first kappa shape index (κ1) is 7.92. The maximum atomic E-state index is 4.09. The fourth-order valence-electron chi connectivity index (χ4n) is 1.06. The van der Waals surface area contributed by atoms with Gasteiger partial charge < -0.3 is 5.32 Å². The average Bonchev–Trinajstić information content (AvgIpc) is 2.37. The van der Waals surface area contributed by atoms with Crippen LogP contribution in [0.5, 0.6) is 0 Å². The van der Waals surface area contributed by atoms with Gasteiger partial charge in [-0.05, 0) is 6.42 Å². The Kier molecular flexibility index (Phi) is 3.06. The molecular weight excluding hydrogens is 144 g/mol. The third-order valence-corrected chi connectivity index (χ3v) is 2.86. The van der Waals surface area contributed by atoms with Gasteiger partial charge in [0.05, 0.1) is 0 Å². The smallest absolute Gasteiger partial charge is 0.156 e. The number of hydrogen-bond acceptors (Lipinski definition) is 2. The second-order valence-corrected chi connectivity index (χ2v) is 3.73. The highest BCUT2D eigenvalue weighted by atomic mass is 32.2. The van der Waals surface area contributed by atoms with Gasteiger partial charge in [0.15, 0.2) is 5.17 Å². The van der Waals surface area contributed by atoms with E-state index in [4.69, 9.17) is 0 Å². The summed E-state index contributed by atoms with van der Waals surface area (Å²) < 4.78 is 0. The van der Waals surface area contributed by atoms with Gasteiger partial charge in [0.1, 0.15) is 0 Å². The third-order valence-electron chi connectivity index (χ3n) is 1.57. The Morgan fingerprint density at radius 1 is 1.80 bits per heavy atom. The molecule has 0 aromatic carbocycles. The SMILES string of the molecule is CCCC1CNC(=NC)S1. The fourth-order valence-corrected chi connectivity index (χ4v) is 2.17. The molecule has 10 heavy (non-hydrogen) atoms. The Morgan fingerprint density at radius 2 is 2.60 bits per heavy atom. The molecule has 0 saturated carbocycles. The van der Waals surface area contributed by atoms with Crippen LogP contribution in [-0.2, 0) is 0 Å². The van der Waals surface area contributed by atoms with Gasteiger partial charge in [0.2, 0.25) is 0 Å². The minimum absolute atomic E-state index is 0.767. The molecule has 0 bridgehead atoms. The van der Waals surface area contributed by atoms with Crippen LogP contribution in [0, 0.1) is 0 Å². The first-order valence-electron chi connectivity index (χ1n) is 3.74. The monoisotopic (exact) mass is 158 g/mol. The van der Waals surface area contributed by atoms with Crippen LogP contribution in [0.25, 0.3) is 0 Å². The molecule has 3 heteroatoms. The highest BCUT2D eigenvalue weighted by Gasteiger charge is 2.18. The Balaban J connectivity index is 2.29. The molecule has 1 aliphatic heterocycles. The quantitative estimate of drug-likeness (QED) is 0.658. The summed E-state index contributed by atoms with van der Waals surface area (Å²) in [4.78, 5) is 4.09. The zero-order valence-corrected chi connectivity index (χ0v) is 7.37. The second kappa shape index (κ2) is 3.86. The first-order chi connectivity index (χ1) is 4.86. The summed E-state index contributed by atoms with van der Waals surface area (Å²) in [5, 5.41) is 5.13. The van der Waals surface area contributed by atoms with Crippen LogP contribution in [0.4, 0.5) is 0 Å². The number of amidine groups is 1. The molecule has 0 spiro atoms. The van der Waals surface area contributed by atoms with Crippen molar-refractivity contribution in [1.82, 2.24) is 5.32 Å². The van der Waals surface area contributed by atoms with E-state index in [1.807, 2.05) is 18.8 Å². The van der Waals surface area contributed by atoms with Gasteiger partial charge in [0, 0.05) is 18.8 Å². The minimum atomic E-state index is 0.767. The molecule has 1 heterocycles. The summed E-state index contributed by atoms with van der Waals surface area (Å²) in [5.41, 5.74) is 0. The van der Waals surface area contributed by atoms with Gasteiger partial charge in [-0.1, -0.05) is 25.1 Å².